The van der Waals surface area contributed by atoms with Crippen molar-refractivity contribution in [3.05, 3.63) is 22.7 Å². The number of hydrogen-bond donors (Lipinski definition) is 0. The number of esters is 1. The zero-order valence-corrected chi connectivity index (χ0v) is 17.3. The number of halogens is 1. The lowest BCUT2D eigenvalue weighted by Crippen LogP contribution is -2.51. The van der Waals surface area contributed by atoms with E-state index < -0.39 is 12.1 Å². The van der Waals surface area contributed by atoms with Gasteiger partial charge in [-0.1, -0.05) is 11.6 Å². The van der Waals surface area contributed by atoms with Crippen LogP contribution in [0, 0.1) is 0 Å². The van der Waals surface area contributed by atoms with Gasteiger partial charge in [0.15, 0.2) is 17.6 Å². The van der Waals surface area contributed by atoms with Crippen molar-refractivity contribution in [2.75, 3.05) is 13.7 Å². The SMILES string of the molecule is CCOc1c(Cl)cc(C(=O)O[C@H](C)C(=O)N2[C@@H](C)CCC[C@@H]2C)cc1OC. The number of carbonyl (C=O) groups is 2. The van der Waals surface area contributed by atoms with Crippen LogP contribution >= 0.6 is 11.6 Å². The van der Waals surface area contributed by atoms with Crippen LogP contribution in [0.25, 0.3) is 0 Å². The van der Waals surface area contributed by atoms with E-state index >= 15 is 0 Å². The second-order valence-electron chi connectivity index (χ2n) is 6.84. The highest BCUT2D eigenvalue weighted by molar-refractivity contribution is 6.32. The maximum absolute atomic E-state index is 12.8. The molecule has 0 spiro atoms. The fraction of sp³-hybridized carbons (Fsp3) is 0.600. The number of piperidine rings is 1. The molecule has 1 aliphatic rings. The van der Waals surface area contributed by atoms with E-state index in [1.807, 2.05) is 25.7 Å². The zero-order chi connectivity index (χ0) is 20.1. The molecular weight excluding hydrogens is 370 g/mol. The van der Waals surface area contributed by atoms with Gasteiger partial charge in [0, 0.05) is 12.1 Å². The van der Waals surface area contributed by atoms with Crippen LogP contribution in [0.1, 0.15) is 57.3 Å². The molecule has 1 aliphatic heterocycles. The number of carbonyl (C=O) groups excluding carboxylic acids is 2. The molecule has 0 unspecified atom stereocenters. The third-order valence-corrected chi connectivity index (χ3v) is 5.11. The Balaban J connectivity index is 2.14. The van der Waals surface area contributed by atoms with Crippen LogP contribution in [0.3, 0.4) is 0 Å². The number of methoxy groups -OCH3 is 1. The smallest absolute Gasteiger partial charge is 0.339 e. The molecule has 1 saturated heterocycles. The summed E-state index contributed by atoms with van der Waals surface area (Å²) in [7, 11) is 1.47. The van der Waals surface area contributed by atoms with E-state index in [1.165, 1.54) is 19.2 Å². The molecule has 3 atom stereocenters. The molecule has 6 nitrogen and oxygen atoms in total. The van der Waals surface area contributed by atoms with Gasteiger partial charge in [-0.2, -0.15) is 0 Å². The minimum Gasteiger partial charge on any atom is -0.493 e. The Morgan fingerprint density at radius 3 is 2.44 bits per heavy atom. The first kappa shape index (κ1) is 21.4. The third-order valence-electron chi connectivity index (χ3n) is 4.83. The first-order valence-corrected chi connectivity index (χ1v) is 9.71. The maximum atomic E-state index is 12.8. The molecule has 7 heteroatoms. The van der Waals surface area contributed by atoms with E-state index in [1.54, 1.807) is 6.92 Å². The molecule has 1 fully saturated rings. The van der Waals surface area contributed by atoms with E-state index in [0.717, 1.165) is 19.3 Å². The van der Waals surface area contributed by atoms with Crippen molar-refractivity contribution in [3.8, 4) is 11.5 Å². The van der Waals surface area contributed by atoms with Gasteiger partial charge in [0.05, 0.1) is 24.3 Å². The summed E-state index contributed by atoms with van der Waals surface area (Å²) in [5.41, 5.74) is 0.208. The van der Waals surface area contributed by atoms with Crippen molar-refractivity contribution in [3.63, 3.8) is 0 Å². The fourth-order valence-electron chi connectivity index (χ4n) is 3.47. The Kier molecular flexibility index (Phi) is 7.36. The summed E-state index contributed by atoms with van der Waals surface area (Å²) in [4.78, 5) is 27.2. The lowest BCUT2D eigenvalue weighted by molar-refractivity contribution is -0.146. The third kappa shape index (κ3) is 4.86. The summed E-state index contributed by atoms with van der Waals surface area (Å²) < 4.78 is 16.1. The highest BCUT2D eigenvalue weighted by atomic mass is 35.5. The van der Waals surface area contributed by atoms with Gasteiger partial charge < -0.3 is 19.1 Å². The summed E-state index contributed by atoms with van der Waals surface area (Å²) in [6, 6.07) is 3.24. The largest absolute Gasteiger partial charge is 0.493 e. The van der Waals surface area contributed by atoms with Crippen molar-refractivity contribution >= 4 is 23.5 Å². The lowest BCUT2D eigenvalue weighted by Gasteiger charge is -2.40. The molecule has 1 heterocycles. The Hall–Kier alpha value is -1.95. The van der Waals surface area contributed by atoms with Crippen LogP contribution < -0.4 is 9.47 Å². The van der Waals surface area contributed by atoms with Gasteiger partial charge >= 0.3 is 5.97 Å². The Labute approximate surface area is 165 Å². The van der Waals surface area contributed by atoms with Crippen molar-refractivity contribution in [2.45, 2.75) is 65.1 Å². The molecule has 1 amide bonds. The van der Waals surface area contributed by atoms with Gasteiger partial charge in [-0.3, -0.25) is 4.79 Å². The first-order valence-electron chi connectivity index (χ1n) is 9.33. The number of nitrogens with zero attached hydrogens (tertiary/aromatic N) is 1. The number of amides is 1. The normalized spacial score (nSPS) is 20.7. The Bertz CT molecular complexity index is 683. The summed E-state index contributed by atoms with van der Waals surface area (Å²) in [6.45, 7) is 7.89. The van der Waals surface area contributed by atoms with Crippen LogP contribution in [0.5, 0.6) is 11.5 Å². The Morgan fingerprint density at radius 1 is 1.26 bits per heavy atom. The molecule has 0 bridgehead atoms. The number of rotatable bonds is 6. The second kappa shape index (κ2) is 9.31. The van der Waals surface area contributed by atoms with Crippen molar-refractivity contribution in [1.82, 2.24) is 4.90 Å². The summed E-state index contributed by atoms with van der Waals surface area (Å²) in [6.07, 6.45) is 2.15. The highest BCUT2D eigenvalue weighted by Gasteiger charge is 2.33. The molecule has 1 aromatic carbocycles. The molecule has 0 radical (unpaired) electrons. The quantitative estimate of drug-likeness (QED) is 0.676. The van der Waals surface area contributed by atoms with E-state index in [-0.39, 0.29) is 28.6 Å². The van der Waals surface area contributed by atoms with Crippen LogP contribution in [0.2, 0.25) is 5.02 Å². The molecule has 27 heavy (non-hydrogen) atoms. The van der Waals surface area contributed by atoms with Crippen LogP contribution in [-0.4, -0.2) is 48.7 Å². The van der Waals surface area contributed by atoms with Gasteiger partial charge in [-0.25, -0.2) is 4.79 Å². The van der Waals surface area contributed by atoms with Crippen LogP contribution in [0.15, 0.2) is 12.1 Å². The topological polar surface area (TPSA) is 65.1 Å². The highest BCUT2D eigenvalue weighted by Crippen LogP contribution is 2.36. The minimum atomic E-state index is -0.878. The predicted octanol–water partition coefficient (Wildman–Crippen LogP) is 4.08. The second-order valence-corrected chi connectivity index (χ2v) is 7.25. The molecule has 0 saturated carbocycles. The monoisotopic (exact) mass is 397 g/mol. The molecule has 2 rings (SSSR count). The molecule has 0 N–H and O–H groups in total. The summed E-state index contributed by atoms with van der Waals surface area (Å²) >= 11 is 6.21. The maximum Gasteiger partial charge on any atom is 0.339 e. The average molecular weight is 398 g/mol. The zero-order valence-electron chi connectivity index (χ0n) is 16.6. The molecular formula is C20H28ClNO5. The fourth-order valence-corrected chi connectivity index (χ4v) is 3.73. The number of hydrogen-bond acceptors (Lipinski definition) is 5. The standard InChI is InChI=1S/C20H28ClNO5/c1-6-26-18-16(21)10-15(11-17(18)25-5)20(24)27-14(4)19(23)22-12(2)8-7-9-13(22)3/h10-14H,6-9H2,1-5H3/t12-,13-,14+/m0/s1. The minimum absolute atomic E-state index is 0.141. The van der Waals surface area contributed by atoms with E-state index in [4.69, 9.17) is 25.8 Å². The van der Waals surface area contributed by atoms with Gasteiger partial charge in [-0.15, -0.1) is 0 Å². The van der Waals surface area contributed by atoms with E-state index in [9.17, 15) is 9.59 Å². The first-order chi connectivity index (χ1) is 12.8. The van der Waals surface area contributed by atoms with Crippen molar-refractivity contribution in [2.24, 2.45) is 0 Å². The molecule has 150 valence electrons. The number of likely N-dealkylation sites (tertiary alicyclic amines) is 1. The molecule has 0 aromatic heterocycles. The van der Waals surface area contributed by atoms with Crippen molar-refractivity contribution < 1.29 is 23.8 Å². The lowest BCUT2D eigenvalue weighted by atomic mass is 9.97. The van der Waals surface area contributed by atoms with Gasteiger partial charge in [0.2, 0.25) is 0 Å². The van der Waals surface area contributed by atoms with Crippen LogP contribution in [0.4, 0.5) is 0 Å². The molecule has 1 aromatic rings. The van der Waals surface area contributed by atoms with Crippen LogP contribution in [-0.2, 0) is 9.53 Å². The summed E-state index contributed by atoms with van der Waals surface area (Å²) in [5.74, 6) is -0.0877. The summed E-state index contributed by atoms with van der Waals surface area (Å²) in [5, 5.41) is 0.250. The van der Waals surface area contributed by atoms with E-state index in [2.05, 4.69) is 0 Å². The van der Waals surface area contributed by atoms with Gasteiger partial charge in [-0.05, 0) is 59.1 Å². The molecule has 0 aliphatic carbocycles. The van der Waals surface area contributed by atoms with Gasteiger partial charge in [0.1, 0.15) is 0 Å². The predicted molar refractivity (Wildman–Crippen MR) is 104 cm³/mol. The van der Waals surface area contributed by atoms with Crippen molar-refractivity contribution in [1.29, 1.82) is 0 Å². The number of benzene rings is 1. The van der Waals surface area contributed by atoms with E-state index in [0.29, 0.717) is 18.1 Å². The average Bonchev–Trinajstić information content (AvgIpc) is 2.62. The number of ether oxygens (including phenoxy) is 3. The Morgan fingerprint density at radius 2 is 1.89 bits per heavy atom. The van der Waals surface area contributed by atoms with Gasteiger partial charge in [0.25, 0.3) is 5.91 Å².